The molecule has 0 spiro atoms. The molecule has 2 aromatic rings. The first-order valence-electron chi connectivity index (χ1n) is 8.29. The van der Waals surface area contributed by atoms with Crippen LogP contribution in [0.25, 0.3) is 0 Å². The molecule has 0 unspecified atom stereocenters. The third kappa shape index (κ3) is 3.74. The molecule has 3 rings (SSSR count). The first-order chi connectivity index (χ1) is 11.8. The number of hydrogen-bond donors (Lipinski definition) is 1. The zero-order valence-electron chi connectivity index (χ0n) is 14.7. The normalized spacial score (nSPS) is 17.2. The molecule has 132 valence electrons. The molecule has 0 aliphatic carbocycles. The largest absolute Gasteiger partial charge is 0.480 e. The summed E-state index contributed by atoms with van der Waals surface area (Å²) in [5, 5.41) is 12.4. The number of fused-ring (bicyclic) bond motifs is 1. The second kappa shape index (κ2) is 6.59. The number of rotatable bonds is 3. The summed E-state index contributed by atoms with van der Waals surface area (Å²) in [6.07, 6.45) is 0.486. The summed E-state index contributed by atoms with van der Waals surface area (Å²) in [5.41, 5.74) is 2.67. The zero-order chi connectivity index (χ0) is 18.2. The van der Waals surface area contributed by atoms with E-state index in [1.54, 1.807) is 11.3 Å². The lowest BCUT2D eigenvalue weighted by molar-refractivity contribution is -0.151. The first-order valence-corrected chi connectivity index (χ1v) is 9.17. The minimum Gasteiger partial charge on any atom is -0.480 e. The topological polar surface area (TPSA) is 70.5 Å². The number of carbonyl (C=O) groups excluding carboxylic acids is 1. The van der Waals surface area contributed by atoms with Crippen LogP contribution in [0.2, 0.25) is 0 Å². The highest BCUT2D eigenvalue weighted by atomic mass is 32.1. The Kier molecular flexibility index (Phi) is 4.64. The monoisotopic (exact) mass is 358 g/mol. The lowest BCUT2D eigenvalue weighted by atomic mass is 9.93. The summed E-state index contributed by atoms with van der Waals surface area (Å²) in [5.74, 6) is -1.15. The van der Waals surface area contributed by atoms with E-state index in [0.717, 1.165) is 16.1 Å². The summed E-state index contributed by atoms with van der Waals surface area (Å²) < 4.78 is 0. The van der Waals surface area contributed by atoms with Crippen molar-refractivity contribution < 1.29 is 14.7 Å². The fourth-order valence-corrected chi connectivity index (χ4v) is 3.90. The maximum atomic E-state index is 12.8. The maximum absolute atomic E-state index is 12.8. The van der Waals surface area contributed by atoms with Crippen LogP contribution in [0.4, 0.5) is 0 Å². The smallest absolute Gasteiger partial charge is 0.326 e. The van der Waals surface area contributed by atoms with Crippen LogP contribution in [-0.4, -0.2) is 32.9 Å². The van der Waals surface area contributed by atoms with Crippen LogP contribution >= 0.6 is 11.3 Å². The minimum absolute atomic E-state index is 0.0559. The van der Waals surface area contributed by atoms with E-state index in [9.17, 15) is 14.7 Å². The van der Waals surface area contributed by atoms with Gasteiger partial charge < -0.3 is 10.0 Å². The molecule has 1 N–H and O–H groups in total. The van der Waals surface area contributed by atoms with Gasteiger partial charge in [-0.15, -0.1) is 11.3 Å². The Morgan fingerprint density at radius 1 is 1.28 bits per heavy atom. The van der Waals surface area contributed by atoms with Gasteiger partial charge in [0, 0.05) is 23.8 Å². The van der Waals surface area contributed by atoms with Crippen molar-refractivity contribution in [1.82, 2.24) is 9.88 Å². The number of aliphatic carboxylic acids is 1. The molecule has 0 saturated heterocycles. The molecule has 1 aromatic heterocycles. The van der Waals surface area contributed by atoms with Gasteiger partial charge in [-0.1, -0.05) is 45.0 Å². The van der Waals surface area contributed by atoms with Crippen molar-refractivity contribution in [2.75, 3.05) is 0 Å². The van der Waals surface area contributed by atoms with E-state index in [1.165, 1.54) is 4.90 Å². The molecule has 0 bridgehead atoms. The molecule has 2 heterocycles. The van der Waals surface area contributed by atoms with Crippen LogP contribution in [0, 0.1) is 0 Å². The minimum atomic E-state index is -0.962. The van der Waals surface area contributed by atoms with Crippen molar-refractivity contribution in [2.24, 2.45) is 0 Å². The van der Waals surface area contributed by atoms with E-state index >= 15 is 0 Å². The van der Waals surface area contributed by atoms with E-state index in [2.05, 4.69) is 25.8 Å². The van der Waals surface area contributed by atoms with Crippen molar-refractivity contribution in [3.63, 3.8) is 0 Å². The number of carboxylic acids is 1. The van der Waals surface area contributed by atoms with Crippen molar-refractivity contribution in [1.29, 1.82) is 0 Å². The number of carbonyl (C=O) groups is 2. The summed E-state index contributed by atoms with van der Waals surface area (Å²) in [4.78, 5) is 30.5. The standard InChI is InChI=1S/C19H22N2O3S/c1-19(2,3)18-20-14(11-25-18)9-16(22)21-10-13-7-5-4-6-12(13)8-15(21)17(23)24/h4-7,11,15H,8-10H2,1-3H3,(H,23,24)/t15-/m0/s1. The Morgan fingerprint density at radius 2 is 1.96 bits per heavy atom. The van der Waals surface area contributed by atoms with Gasteiger partial charge >= 0.3 is 5.97 Å². The SMILES string of the molecule is CC(C)(C)c1nc(CC(=O)N2Cc3ccccc3C[C@H]2C(=O)O)cs1. The molecule has 25 heavy (non-hydrogen) atoms. The summed E-state index contributed by atoms with van der Waals surface area (Å²) >= 11 is 1.54. The third-order valence-corrected chi connectivity index (χ3v) is 5.70. The number of hydrogen-bond acceptors (Lipinski definition) is 4. The van der Waals surface area contributed by atoms with Crippen molar-refractivity contribution in [3.8, 4) is 0 Å². The number of aromatic nitrogens is 1. The summed E-state index contributed by atoms with van der Waals surface area (Å²) in [7, 11) is 0. The van der Waals surface area contributed by atoms with Crippen LogP contribution < -0.4 is 0 Å². The van der Waals surface area contributed by atoms with Crippen LogP contribution in [0.15, 0.2) is 29.6 Å². The van der Waals surface area contributed by atoms with Crippen LogP contribution in [0.1, 0.15) is 42.6 Å². The van der Waals surface area contributed by atoms with Gasteiger partial charge in [-0.25, -0.2) is 9.78 Å². The van der Waals surface area contributed by atoms with Gasteiger partial charge in [0.1, 0.15) is 6.04 Å². The van der Waals surface area contributed by atoms with Gasteiger partial charge in [-0.3, -0.25) is 4.79 Å². The molecule has 1 atom stereocenters. The lowest BCUT2D eigenvalue weighted by Gasteiger charge is -2.34. The molecule has 1 aliphatic rings. The Morgan fingerprint density at radius 3 is 2.56 bits per heavy atom. The van der Waals surface area contributed by atoms with E-state index in [4.69, 9.17) is 0 Å². The van der Waals surface area contributed by atoms with Gasteiger partial charge in [0.05, 0.1) is 17.1 Å². The zero-order valence-corrected chi connectivity index (χ0v) is 15.5. The molecule has 0 radical (unpaired) electrons. The highest BCUT2D eigenvalue weighted by Gasteiger charge is 2.34. The highest BCUT2D eigenvalue weighted by molar-refractivity contribution is 7.09. The van der Waals surface area contributed by atoms with E-state index in [0.29, 0.717) is 18.7 Å². The van der Waals surface area contributed by atoms with E-state index in [-0.39, 0.29) is 17.7 Å². The van der Waals surface area contributed by atoms with Crippen LogP contribution in [0.3, 0.4) is 0 Å². The molecule has 1 aromatic carbocycles. The average molecular weight is 358 g/mol. The second-order valence-corrected chi connectivity index (χ2v) is 8.28. The predicted octanol–water partition coefficient (Wildman–Crippen LogP) is 3.02. The number of thiazole rings is 1. The fraction of sp³-hybridized carbons (Fsp3) is 0.421. The number of benzene rings is 1. The third-order valence-electron chi connectivity index (χ3n) is 4.38. The Hall–Kier alpha value is -2.21. The van der Waals surface area contributed by atoms with Crippen LogP contribution in [-0.2, 0) is 34.4 Å². The molecule has 6 heteroatoms. The molecule has 1 amide bonds. The summed E-state index contributed by atoms with van der Waals surface area (Å²) in [6, 6.07) is 6.89. The van der Waals surface area contributed by atoms with E-state index < -0.39 is 12.0 Å². The fourth-order valence-electron chi connectivity index (χ4n) is 2.99. The van der Waals surface area contributed by atoms with Crippen molar-refractivity contribution in [2.45, 2.75) is 51.6 Å². The molecule has 1 aliphatic heterocycles. The van der Waals surface area contributed by atoms with Crippen molar-refractivity contribution in [3.05, 3.63) is 51.5 Å². The number of nitrogens with zero attached hydrogens (tertiary/aromatic N) is 2. The average Bonchev–Trinajstić information content (AvgIpc) is 3.02. The van der Waals surface area contributed by atoms with Gasteiger partial charge in [-0.2, -0.15) is 0 Å². The van der Waals surface area contributed by atoms with Gasteiger partial charge in [0.2, 0.25) is 5.91 Å². The van der Waals surface area contributed by atoms with E-state index in [1.807, 2.05) is 29.6 Å². The predicted molar refractivity (Wildman–Crippen MR) is 96.6 cm³/mol. The van der Waals surface area contributed by atoms with Crippen LogP contribution in [0.5, 0.6) is 0 Å². The van der Waals surface area contributed by atoms with Gasteiger partial charge in [0.25, 0.3) is 0 Å². The Labute approximate surface area is 151 Å². The Bertz CT molecular complexity index is 807. The van der Waals surface area contributed by atoms with Gasteiger partial charge in [0.15, 0.2) is 0 Å². The number of carboxylic acid groups (broad SMARTS) is 1. The maximum Gasteiger partial charge on any atom is 0.326 e. The molecular formula is C19H22N2O3S. The quantitative estimate of drug-likeness (QED) is 0.916. The molecule has 0 saturated carbocycles. The highest BCUT2D eigenvalue weighted by Crippen LogP contribution is 2.27. The molecule has 5 nitrogen and oxygen atoms in total. The second-order valence-electron chi connectivity index (χ2n) is 7.42. The lowest BCUT2D eigenvalue weighted by Crippen LogP contribution is -2.49. The number of amides is 1. The van der Waals surface area contributed by atoms with Gasteiger partial charge in [-0.05, 0) is 11.1 Å². The Balaban J connectivity index is 1.80. The van der Waals surface area contributed by atoms with Crippen molar-refractivity contribution >= 4 is 23.2 Å². The molecular weight excluding hydrogens is 336 g/mol. The summed E-state index contributed by atoms with van der Waals surface area (Å²) in [6.45, 7) is 6.58. The molecule has 0 fully saturated rings. The first kappa shape index (κ1) is 17.6.